The van der Waals surface area contributed by atoms with Crippen molar-refractivity contribution in [2.75, 3.05) is 11.9 Å². The molecule has 1 amide bonds. The summed E-state index contributed by atoms with van der Waals surface area (Å²) in [6.45, 7) is 1.14. The molecular formula is C21H21ClN4O. The van der Waals surface area contributed by atoms with Crippen LogP contribution >= 0.6 is 11.6 Å². The van der Waals surface area contributed by atoms with E-state index in [4.69, 9.17) is 11.6 Å². The lowest BCUT2D eigenvalue weighted by Gasteiger charge is -2.08. The lowest BCUT2D eigenvalue weighted by Crippen LogP contribution is -2.26. The van der Waals surface area contributed by atoms with Gasteiger partial charge in [0.15, 0.2) is 5.69 Å². The van der Waals surface area contributed by atoms with Gasteiger partial charge in [-0.2, -0.15) is 0 Å². The van der Waals surface area contributed by atoms with Crippen LogP contribution < -0.4 is 10.6 Å². The van der Waals surface area contributed by atoms with Gasteiger partial charge < -0.3 is 10.6 Å². The number of hydrogen-bond donors (Lipinski definition) is 2. The molecule has 0 aliphatic carbocycles. The number of carbonyl (C=O) groups is 1. The zero-order chi connectivity index (χ0) is 18.9. The Balaban J connectivity index is 1.43. The van der Waals surface area contributed by atoms with Crippen molar-refractivity contribution >= 4 is 23.3 Å². The van der Waals surface area contributed by atoms with Crippen LogP contribution in [0, 0.1) is 0 Å². The van der Waals surface area contributed by atoms with Crippen molar-refractivity contribution in [2.24, 2.45) is 0 Å². The molecule has 138 valence electrons. The first kappa shape index (κ1) is 18.9. The van der Waals surface area contributed by atoms with E-state index >= 15 is 0 Å². The molecular weight excluding hydrogens is 360 g/mol. The Hall–Kier alpha value is -2.92. The summed E-state index contributed by atoms with van der Waals surface area (Å²) in [6, 6.07) is 21.2. The molecule has 5 nitrogen and oxygen atoms in total. The van der Waals surface area contributed by atoms with Gasteiger partial charge in [-0.15, -0.1) is 10.2 Å². The van der Waals surface area contributed by atoms with Crippen molar-refractivity contribution < 1.29 is 4.79 Å². The summed E-state index contributed by atoms with van der Waals surface area (Å²) in [5, 5.41) is 14.8. The molecule has 0 bridgehead atoms. The Kier molecular flexibility index (Phi) is 6.77. The number of halogens is 1. The maximum absolute atomic E-state index is 12.1. The Bertz CT molecular complexity index is 869. The SMILES string of the molecule is O=C(NCCCc1ccccc1)c1ccc(NCc2ccccc2Cl)nn1. The largest absolute Gasteiger partial charge is 0.364 e. The molecule has 0 spiro atoms. The van der Waals surface area contributed by atoms with Gasteiger partial charge in [0.1, 0.15) is 5.82 Å². The molecule has 0 atom stereocenters. The monoisotopic (exact) mass is 380 g/mol. The molecule has 0 saturated carbocycles. The fraction of sp³-hybridized carbons (Fsp3) is 0.190. The zero-order valence-corrected chi connectivity index (χ0v) is 15.6. The predicted molar refractivity (Wildman–Crippen MR) is 108 cm³/mol. The van der Waals surface area contributed by atoms with E-state index in [-0.39, 0.29) is 5.91 Å². The highest BCUT2D eigenvalue weighted by atomic mass is 35.5. The van der Waals surface area contributed by atoms with E-state index < -0.39 is 0 Å². The quantitative estimate of drug-likeness (QED) is 0.577. The molecule has 2 N–H and O–H groups in total. The van der Waals surface area contributed by atoms with Gasteiger partial charge in [-0.3, -0.25) is 4.79 Å². The van der Waals surface area contributed by atoms with Crippen LogP contribution in [-0.4, -0.2) is 22.6 Å². The second kappa shape index (κ2) is 9.69. The maximum Gasteiger partial charge on any atom is 0.271 e. The number of nitrogens with zero attached hydrogens (tertiary/aromatic N) is 2. The average molecular weight is 381 g/mol. The summed E-state index contributed by atoms with van der Waals surface area (Å²) in [4.78, 5) is 12.1. The molecule has 1 aromatic heterocycles. The summed E-state index contributed by atoms with van der Waals surface area (Å²) < 4.78 is 0. The van der Waals surface area contributed by atoms with Gasteiger partial charge in [-0.05, 0) is 42.2 Å². The van der Waals surface area contributed by atoms with Gasteiger partial charge in [-0.25, -0.2) is 0 Å². The van der Waals surface area contributed by atoms with E-state index in [1.807, 2.05) is 42.5 Å². The van der Waals surface area contributed by atoms with Gasteiger partial charge >= 0.3 is 0 Å². The standard InChI is InChI=1S/C21H21ClN4O/c22-18-11-5-4-10-17(18)15-24-20-13-12-19(25-26-20)21(27)23-14-6-9-16-7-2-1-3-8-16/h1-5,7-8,10-13H,6,9,14-15H2,(H,23,27)(H,24,26). The average Bonchev–Trinajstić information content (AvgIpc) is 2.72. The van der Waals surface area contributed by atoms with Crippen LogP contribution in [0.4, 0.5) is 5.82 Å². The van der Waals surface area contributed by atoms with Crippen molar-refractivity contribution in [3.63, 3.8) is 0 Å². The molecule has 3 aromatic rings. The number of amides is 1. The Morgan fingerprint density at radius 1 is 0.926 bits per heavy atom. The molecule has 2 aromatic carbocycles. The van der Waals surface area contributed by atoms with Gasteiger partial charge in [0.2, 0.25) is 0 Å². The Morgan fingerprint density at radius 2 is 1.70 bits per heavy atom. The van der Waals surface area contributed by atoms with Crippen LogP contribution in [0.25, 0.3) is 0 Å². The van der Waals surface area contributed by atoms with Crippen LogP contribution in [0.5, 0.6) is 0 Å². The van der Waals surface area contributed by atoms with Crippen molar-refractivity contribution in [1.82, 2.24) is 15.5 Å². The highest BCUT2D eigenvalue weighted by Gasteiger charge is 2.08. The van der Waals surface area contributed by atoms with E-state index in [0.717, 1.165) is 18.4 Å². The number of rotatable bonds is 8. The van der Waals surface area contributed by atoms with Gasteiger partial charge in [0.05, 0.1) is 0 Å². The van der Waals surface area contributed by atoms with Crippen molar-refractivity contribution in [3.05, 3.63) is 88.6 Å². The van der Waals surface area contributed by atoms with Crippen LogP contribution in [0.1, 0.15) is 28.0 Å². The molecule has 0 aliphatic rings. The number of carbonyl (C=O) groups excluding carboxylic acids is 1. The highest BCUT2D eigenvalue weighted by Crippen LogP contribution is 2.16. The van der Waals surface area contributed by atoms with Crippen molar-refractivity contribution in [2.45, 2.75) is 19.4 Å². The molecule has 6 heteroatoms. The Morgan fingerprint density at radius 3 is 2.44 bits per heavy atom. The minimum atomic E-state index is -0.215. The predicted octanol–water partition coefficient (Wildman–Crippen LogP) is 4.10. The van der Waals surface area contributed by atoms with E-state index in [0.29, 0.717) is 29.6 Å². The third-order valence-electron chi connectivity index (χ3n) is 4.09. The van der Waals surface area contributed by atoms with Crippen LogP contribution in [0.2, 0.25) is 5.02 Å². The normalized spacial score (nSPS) is 10.4. The second-order valence-electron chi connectivity index (χ2n) is 6.09. The number of aromatic nitrogens is 2. The third-order valence-corrected chi connectivity index (χ3v) is 4.45. The number of aryl methyl sites for hydroxylation is 1. The molecule has 3 rings (SSSR count). The third kappa shape index (κ3) is 5.79. The first-order valence-electron chi connectivity index (χ1n) is 8.85. The minimum Gasteiger partial charge on any atom is -0.364 e. The van der Waals surface area contributed by atoms with Crippen molar-refractivity contribution in [1.29, 1.82) is 0 Å². The minimum absolute atomic E-state index is 0.215. The fourth-order valence-electron chi connectivity index (χ4n) is 2.60. The lowest BCUT2D eigenvalue weighted by molar-refractivity contribution is 0.0947. The summed E-state index contributed by atoms with van der Waals surface area (Å²) in [6.07, 6.45) is 1.80. The summed E-state index contributed by atoms with van der Waals surface area (Å²) in [5.41, 5.74) is 2.54. The van der Waals surface area contributed by atoms with Crippen LogP contribution in [0.3, 0.4) is 0 Å². The fourth-order valence-corrected chi connectivity index (χ4v) is 2.81. The molecule has 0 saturated heterocycles. The van der Waals surface area contributed by atoms with Crippen molar-refractivity contribution in [3.8, 4) is 0 Å². The summed E-state index contributed by atoms with van der Waals surface area (Å²) in [5.74, 6) is 0.378. The van der Waals surface area contributed by atoms with Gasteiger partial charge in [0.25, 0.3) is 5.91 Å². The topological polar surface area (TPSA) is 66.9 Å². The molecule has 0 unspecified atom stereocenters. The van der Waals surface area contributed by atoms with E-state index in [1.54, 1.807) is 12.1 Å². The highest BCUT2D eigenvalue weighted by molar-refractivity contribution is 6.31. The molecule has 1 heterocycles. The van der Waals surface area contributed by atoms with Crippen LogP contribution in [-0.2, 0) is 13.0 Å². The number of nitrogens with one attached hydrogen (secondary N) is 2. The lowest BCUT2D eigenvalue weighted by atomic mass is 10.1. The van der Waals surface area contributed by atoms with Gasteiger partial charge in [-0.1, -0.05) is 60.1 Å². The number of benzene rings is 2. The first-order chi connectivity index (χ1) is 13.2. The summed E-state index contributed by atoms with van der Waals surface area (Å²) >= 11 is 6.13. The molecule has 0 fully saturated rings. The summed E-state index contributed by atoms with van der Waals surface area (Å²) in [7, 11) is 0. The van der Waals surface area contributed by atoms with E-state index in [9.17, 15) is 4.79 Å². The molecule has 0 radical (unpaired) electrons. The first-order valence-corrected chi connectivity index (χ1v) is 9.23. The molecule has 27 heavy (non-hydrogen) atoms. The van der Waals surface area contributed by atoms with Crippen LogP contribution in [0.15, 0.2) is 66.7 Å². The Labute approximate surface area is 163 Å². The van der Waals surface area contributed by atoms with E-state index in [2.05, 4.69) is 33.0 Å². The molecule has 0 aliphatic heterocycles. The number of hydrogen-bond acceptors (Lipinski definition) is 4. The van der Waals surface area contributed by atoms with E-state index in [1.165, 1.54) is 5.56 Å². The smallest absolute Gasteiger partial charge is 0.271 e. The van der Waals surface area contributed by atoms with Gasteiger partial charge in [0, 0.05) is 18.1 Å². The number of anilines is 1. The second-order valence-corrected chi connectivity index (χ2v) is 6.50. The maximum atomic E-state index is 12.1. The zero-order valence-electron chi connectivity index (χ0n) is 14.9.